The molecule has 14 heavy (non-hydrogen) atoms. The standard InChI is InChI=1S/C10H10O4/c1-14-10(13)9(12)6-7-3-2-4-8(11)5-7/h2-5,11H,6H2,1H3. The lowest BCUT2D eigenvalue weighted by molar-refractivity contribution is -0.151. The third-order valence-corrected chi connectivity index (χ3v) is 1.69. The van der Waals surface area contributed by atoms with Crippen LogP contribution in [0, 0.1) is 0 Å². The fourth-order valence-corrected chi connectivity index (χ4v) is 1.04. The summed E-state index contributed by atoms with van der Waals surface area (Å²) >= 11 is 0. The minimum atomic E-state index is -0.867. The number of methoxy groups -OCH3 is 1. The summed E-state index contributed by atoms with van der Waals surface area (Å²) in [5.74, 6) is -1.42. The van der Waals surface area contributed by atoms with Gasteiger partial charge in [-0.3, -0.25) is 4.79 Å². The van der Waals surface area contributed by atoms with Gasteiger partial charge in [-0.05, 0) is 17.7 Å². The van der Waals surface area contributed by atoms with Gasteiger partial charge >= 0.3 is 5.97 Å². The number of carbonyl (C=O) groups excluding carboxylic acids is 2. The second-order valence-corrected chi connectivity index (χ2v) is 2.76. The van der Waals surface area contributed by atoms with Gasteiger partial charge in [-0.2, -0.15) is 0 Å². The predicted octanol–water partition coefficient (Wildman–Crippen LogP) is 0.677. The lowest BCUT2D eigenvalue weighted by Crippen LogP contribution is -2.17. The molecule has 4 nitrogen and oxygen atoms in total. The molecule has 0 aromatic heterocycles. The van der Waals surface area contributed by atoms with Crippen molar-refractivity contribution in [1.82, 2.24) is 0 Å². The van der Waals surface area contributed by atoms with E-state index in [4.69, 9.17) is 5.11 Å². The highest BCUT2D eigenvalue weighted by molar-refractivity contribution is 6.34. The number of phenols is 1. The summed E-state index contributed by atoms with van der Waals surface area (Å²) in [6, 6.07) is 6.18. The molecule has 0 radical (unpaired) electrons. The monoisotopic (exact) mass is 194 g/mol. The van der Waals surface area contributed by atoms with Crippen molar-refractivity contribution in [2.24, 2.45) is 0 Å². The fraction of sp³-hybridized carbons (Fsp3) is 0.200. The van der Waals surface area contributed by atoms with E-state index in [9.17, 15) is 9.59 Å². The van der Waals surface area contributed by atoms with Crippen LogP contribution in [0.3, 0.4) is 0 Å². The maximum atomic E-state index is 11.1. The molecule has 0 spiro atoms. The fourth-order valence-electron chi connectivity index (χ4n) is 1.04. The quantitative estimate of drug-likeness (QED) is 0.567. The van der Waals surface area contributed by atoms with E-state index >= 15 is 0 Å². The zero-order chi connectivity index (χ0) is 10.6. The molecule has 0 heterocycles. The van der Waals surface area contributed by atoms with Crippen molar-refractivity contribution in [2.75, 3.05) is 7.11 Å². The number of phenolic OH excluding ortho intramolecular Hbond substituents is 1. The van der Waals surface area contributed by atoms with Crippen LogP contribution in [0.2, 0.25) is 0 Å². The van der Waals surface area contributed by atoms with Crippen LogP contribution >= 0.6 is 0 Å². The van der Waals surface area contributed by atoms with Crippen LogP contribution in [0.5, 0.6) is 5.75 Å². The van der Waals surface area contributed by atoms with Crippen LogP contribution < -0.4 is 0 Å². The Balaban J connectivity index is 2.70. The van der Waals surface area contributed by atoms with Crippen LogP contribution in [0.1, 0.15) is 5.56 Å². The first-order chi connectivity index (χ1) is 6.63. The summed E-state index contributed by atoms with van der Waals surface area (Å²) in [6.45, 7) is 0. The zero-order valence-electron chi connectivity index (χ0n) is 7.69. The number of aromatic hydroxyl groups is 1. The molecular weight excluding hydrogens is 184 g/mol. The van der Waals surface area contributed by atoms with Crippen molar-refractivity contribution in [3.63, 3.8) is 0 Å². The van der Waals surface area contributed by atoms with E-state index < -0.39 is 11.8 Å². The number of Topliss-reactive ketones (excluding diaryl/α,β-unsaturated/α-hetero) is 1. The van der Waals surface area contributed by atoms with E-state index in [0.29, 0.717) is 5.56 Å². The number of ether oxygens (including phenoxy) is 1. The Morgan fingerprint density at radius 1 is 1.43 bits per heavy atom. The largest absolute Gasteiger partial charge is 0.508 e. The Hall–Kier alpha value is -1.84. The van der Waals surface area contributed by atoms with Crippen molar-refractivity contribution in [3.05, 3.63) is 29.8 Å². The van der Waals surface area contributed by atoms with E-state index in [1.807, 2.05) is 0 Å². The number of benzene rings is 1. The van der Waals surface area contributed by atoms with Crippen molar-refractivity contribution in [3.8, 4) is 5.75 Å². The van der Waals surface area contributed by atoms with E-state index in [2.05, 4.69) is 4.74 Å². The Kier molecular flexibility index (Phi) is 3.23. The highest BCUT2D eigenvalue weighted by Gasteiger charge is 2.14. The topological polar surface area (TPSA) is 63.6 Å². The molecule has 0 saturated heterocycles. The Labute approximate surface area is 81.1 Å². The summed E-state index contributed by atoms with van der Waals surface area (Å²) in [6.07, 6.45) is -0.0545. The van der Waals surface area contributed by atoms with Crippen LogP contribution in [0.15, 0.2) is 24.3 Å². The molecule has 0 saturated carbocycles. The average molecular weight is 194 g/mol. The lowest BCUT2D eigenvalue weighted by Gasteiger charge is -1.99. The highest BCUT2D eigenvalue weighted by atomic mass is 16.5. The van der Waals surface area contributed by atoms with Gasteiger partial charge in [0.05, 0.1) is 7.11 Å². The van der Waals surface area contributed by atoms with Gasteiger partial charge in [0.2, 0.25) is 5.78 Å². The lowest BCUT2D eigenvalue weighted by atomic mass is 10.1. The summed E-state index contributed by atoms with van der Waals surface area (Å²) in [5, 5.41) is 9.09. The second kappa shape index (κ2) is 4.41. The molecule has 1 aromatic carbocycles. The summed E-state index contributed by atoms with van der Waals surface area (Å²) in [4.78, 5) is 21.9. The van der Waals surface area contributed by atoms with Crippen molar-refractivity contribution < 1.29 is 19.4 Å². The summed E-state index contributed by atoms with van der Waals surface area (Å²) in [7, 11) is 1.16. The van der Waals surface area contributed by atoms with Crippen LogP contribution in [-0.4, -0.2) is 24.0 Å². The van der Waals surface area contributed by atoms with Gasteiger partial charge in [-0.1, -0.05) is 12.1 Å². The molecule has 1 aromatic rings. The number of hydrogen-bond acceptors (Lipinski definition) is 4. The molecule has 0 bridgehead atoms. The van der Waals surface area contributed by atoms with Crippen LogP contribution in [0.25, 0.3) is 0 Å². The number of esters is 1. The van der Waals surface area contributed by atoms with Gasteiger partial charge in [-0.25, -0.2) is 4.79 Å². The highest BCUT2D eigenvalue weighted by Crippen LogP contribution is 2.11. The first kappa shape index (κ1) is 10.2. The van der Waals surface area contributed by atoms with Crippen molar-refractivity contribution in [1.29, 1.82) is 0 Å². The number of hydrogen-bond donors (Lipinski definition) is 1. The molecule has 1 rings (SSSR count). The molecule has 0 aliphatic carbocycles. The molecule has 0 unspecified atom stereocenters. The second-order valence-electron chi connectivity index (χ2n) is 2.76. The first-order valence-corrected chi connectivity index (χ1v) is 4.02. The maximum Gasteiger partial charge on any atom is 0.374 e. The number of ketones is 1. The number of carbonyl (C=O) groups is 2. The van der Waals surface area contributed by atoms with Crippen LogP contribution in [-0.2, 0) is 20.7 Å². The van der Waals surface area contributed by atoms with E-state index in [0.717, 1.165) is 7.11 Å². The third kappa shape index (κ3) is 2.58. The third-order valence-electron chi connectivity index (χ3n) is 1.69. The average Bonchev–Trinajstić information content (AvgIpc) is 2.16. The summed E-state index contributed by atoms with van der Waals surface area (Å²) < 4.78 is 4.26. The molecule has 0 aliphatic rings. The van der Waals surface area contributed by atoms with Gasteiger partial charge in [0.1, 0.15) is 5.75 Å². The minimum Gasteiger partial charge on any atom is -0.508 e. The SMILES string of the molecule is COC(=O)C(=O)Cc1cccc(O)c1. The zero-order valence-corrected chi connectivity index (χ0v) is 7.69. The number of rotatable bonds is 3. The molecule has 74 valence electrons. The smallest absolute Gasteiger partial charge is 0.374 e. The molecule has 0 atom stereocenters. The Bertz CT molecular complexity index is 357. The Morgan fingerprint density at radius 3 is 2.71 bits per heavy atom. The van der Waals surface area contributed by atoms with E-state index in [1.165, 1.54) is 12.1 Å². The molecule has 0 fully saturated rings. The van der Waals surface area contributed by atoms with E-state index in [-0.39, 0.29) is 12.2 Å². The Morgan fingerprint density at radius 2 is 2.14 bits per heavy atom. The van der Waals surface area contributed by atoms with Gasteiger partial charge in [0.15, 0.2) is 0 Å². The minimum absolute atomic E-state index is 0.0545. The van der Waals surface area contributed by atoms with Crippen molar-refractivity contribution in [2.45, 2.75) is 6.42 Å². The van der Waals surface area contributed by atoms with Gasteiger partial charge in [0, 0.05) is 6.42 Å². The van der Waals surface area contributed by atoms with Gasteiger partial charge in [0.25, 0.3) is 0 Å². The predicted molar refractivity (Wildman–Crippen MR) is 48.8 cm³/mol. The molecule has 4 heteroatoms. The first-order valence-electron chi connectivity index (χ1n) is 4.02. The summed E-state index contributed by atoms with van der Waals surface area (Å²) in [5.41, 5.74) is 0.584. The molecule has 0 amide bonds. The van der Waals surface area contributed by atoms with Crippen molar-refractivity contribution >= 4 is 11.8 Å². The molecule has 1 N–H and O–H groups in total. The van der Waals surface area contributed by atoms with Gasteiger partial charge < -0.3 is 9.84 Å². The van der Waals surface area contributed by atoms with Gasteiger partial charge in [-0.15, -0.1) is 0 Å². The normalized spacial score (nSPS) is 9.50. The molecule has 0 aliphatic heterocycles. The van der Waals surface area contributed by atoms with E-state index in [1.54, 1.807) is 12.1 Å². The van der Waals surface area contributed by atoms with Crippen LogP contribution in [0.4, 0.5) is 0 Å². The molecular formula is C10H10O4. The maximum absolute atomic E-state index is 11.1.